The number of fused-ring (bicyclic) bond motifs is 1. The van der Waals surface area contributed by atoms with Gasteiger partial charge in [-0.25, -0.2) is 4.79 Å². The van der Waals surface area contributed by atoms with Gasteiger partial charge in [-0.2, -0.15) is 0 Å². The topological polar surface area (TPSA) is 76.0 Å². The lowest BCUT2D eigenvalue weighted by Gasteiger charge is -2.21. The standard InChI is InChI=1S/C13H14O5/c14-11(12(15)16)8-3-4-9-10(7-8)18-13(17-9)5-1-2-6-13/h3-4,7,11,14H,1-2,5-6H2,(H,15,16). The molecule has 1 aromatic carbocycles. The van der Waals surface area contributed by atoms with Gasteiger partial charge in [0.15, 0.2) is 17.6 Å². The Morgan fingerprint density at radius 3 is 2.56 bits per heavy atom. The molecule has 96 valence electrons. The molecule has 0 radical (unpaired) electrons. The smallest absolute Gasteiger partial charge is 0.337 e. The van der Waals surface area contributed by atoms with Crippen molar-refractivity contribution in [2.24, 2.45) is 0 Å². The van der Waals surface area contributed by atoms with E-state index in [-0.39, 0.29) is 0 Å². The molecule has 1 atom stereocenters. The Morgan fingerprint density at radius 2 is 1.89 bits per heavy atom. The van der Waals surface area contributed by atoms with E-state index in [2.05, 4.69) is 0 Å². The van der Waals surface area contributed by atoms with Crippen molar-refractivity contribution in [1.29, 1.82) is 0 Å². The number of hydrogen-bond donors (Lipinski definition) is 2. The third-order valence-electron chi connectivity index (χ3n) is 3.47. The van der Waals surface area contributed by atoms with E-state index in [1.165, 1.54) is 0 Å². The van der Waals surface area contributed by atoms with Gasteiger partial charge in [0.1, 0.15) is 0 Å². The molecule has 1 aromatic rings. The van der Waals surface area contributed by atoms with Crippen LogP contribution in [-0.2, 0) is 4.79 Å². The minimum absolute atomic E-state index is 0.305. The maximum Gasteiger partial charge on any atom is 0.337 e. The lowest BCUT2D eigenvalue weighted by atomic mass is 10.1. The summed E-state index contributed by atoms with van der Waals surface area (Å²) in [6.07, 6.45) is 2.30. The van der Waals surface area contributed by atoms with Crippen molar-refractivity contribution < 1.29 is 24.5 Å². The molecule has 1 spiro atoms. The Hall–Kier alpha value is -1.75. The first-order chi connectivity index (χ1) is 8.60. The average Bonchev–Trinajstić information content (AvgIpc) is 2.93. The first kappa shape index (κ1) is 11.3. The highest BCUT2D eigenvalue weighted by Crippen LogP contribution is 2.47. The van der Waals surface area contributed by atoms with Crippen LogP contribution in [0, 0.1) is 0 Å². The van der Waals surface area contributed by atoms with Crippen LogP contribution in [0.1, 0.15) is 37.4 Å². The molecule has 3 rings (SSSR count). The van der Waals surface area contributed by atoms with Crippen molar-refractivity contribution in [2.45, 2.75) is 37.6 Å². The molecule has 0 aromatic heterocycles. The Labute approximate surface area is 104 Å². The molecule has 0 bridgehead atoms. The second-order valence-corrected chi connectivity index (χ2v) is 4.77. The summed E-state index contributed by atoms with van der Waals surface area (Å²) < 4.78 is 11.6. The molecule has 1 unspecified atom stereocenters. The lowest BCUT2D eigenvalue weighted by Crippen LogP contribution is -2.34. The Balaban J connectivity index is 1.88. The highest BCUT2D eigenvalue weighted by atomic mass is 16.7. The first-order valence-corrected chi connectivity index (χ1v) is 6.02. The van der Waals surface area contributed by atoms with Crippen molar-refractivity contribution in [2.75, 3.05) is 0 Å². The number of carbonyl (C=O) groups is 1. The SMILES string of the molecule is O=C(O)C(O)c1ccc2c(c1)OC1(CCCC1)O2. The van der Waals surface area contributed by atoms with Crippen molar-refractivity contribution in [1.82, 2.24) is 0 Å². The predicted molar refractivity (Wildman–Crippen MR) is 61.5 cm³/mol. The van der Waals surface area contributed by atoms with Gasteiger partial charge in [0.05, 0.1) is 0 Å². The number of aliphatic hydroxyl groups is 1. The lowest BCUT2D eigenvalue weighted by molar-refractivity contribution is -0.146. The highest BCUT2D eigenvalue weighted by molar-refractivity contribution is 5.74. The quantitative estimate of drug-likeness (QED) is 0.837. The number of ether oxygens (including phenoxy) is 2. The van der Waals surface area contributed by atoms with Crippen molar-refractivity contribution in [3.05, 3.63) is 23.8 Å². The molecule has 1 saturated carbocycles. The van der Waals surface area contributed by atoms with Gasteiger partial charge >= 0.3 is 5.97 Å². The number of aliphatic hydroxyl groups excluding tert-OH is 1. The Kier molecular flexibility index (Phi) is 2.45. The monoisotopic (exact) mass is 250 g/mol. The Morgan fingerprint density at radius 1 is 1.22 bits per heavy atom. The van der Waals surface area contributed by atoms with Crippen LogP contribution in [0.4, 0.5) is 0 Å². The van der Waals surface area contributed by atoms with E-state index in [4.69, 9.17) is 14.6 Å². The molecule has 1 heterocycles. The van der Waals surface area contributed by atoms with E-state index in [1.54, 1.807) is 18.2 Å². The zero-order valence-corrected chi connectivity index (χ0v) is 9.76. The predicted octanol–water partition coefficient (Wildman–Crippen LogP) is 1.85. The summed E-state index contributed by atoms with van der Waals surface area (Å²) in [5, 5.41) is 18.3. The normalized spacial score (nSPS) is 21.2. The first-order valence-electron chi connectivity index (χ1n) is 6.02. The summed E-state index contributed by atoms with van der Waals surface area (Å²) in [6.45, 7) is 0. The van der Waals surface area contributed by atoms with Gasteiger partial charge in [0.25, 0.3) is 5.79 Å². The third kappa shape index (κ3) is 1.71. The van der Waals surface area contributed by atoms with Gasteiger partial charge in [-0.3, -0.25) is 0 Å². The Bertz CT molecular complexity index is 490. The fraction of sp³-hybridized carbons (Fsp3) is 0.462. The van der Waals surface area contributed by atoms with Crippen molar-refractivity contribution in [3.63, 3.8) is 0 Å². The summed E-state index contributed by atoms with van der Waals surface area (Å²) in [5.74, 6) is -0.688. The van der Waals surface area contributed by atoms with Crippen molar-refractivity contribution in [3.8, 4) is 11.5 Å². The van der Waals surface area contributed by atoms with Crippen LogP contribution in [-0.4, -0.2) is 22.0 Å². The number of aliphatic carboxylic acids is 1. The summed E-state index contributed by atoms with van der Waals surface area (Å²) >= 11 is 0. The number of carboxylic acid groups (broad SMARTS) is 1. The van der Waals surface area contributed by atoms with Gasteiger partial charge in [0.2, 0.25) is 0 Å². The average molecular weight is 250 g/mol. The van der Waals surface area contributed by atoms with Crippen LogP contribution in [0.15, 0.2) is 18.2 Å². The fourth-order valence-corrected chi connectivity index (χ4v) is 2.54. The van der Waals surface area contributed by atoms with Gasteiger partial charge in [-0.1, -0.05) is 6.07 Å². The maximum atomic E-state index is 10.7. The molecular formula is C13H14O5. The van der Waals surface area contributed by atoms with Crippen LogP contribution >= 0.6 is 0 Å². The van der Waals surface area contributed by atoms with Gasteiger partial charge < -0.3 is 19.7 Å². The molecule has 5 nitrogen and oxygen atoms in total. The summed E-state index contributed by atoms with van der Waals surface area (Å²) in [5.41, 5.74) is 0.305. The van der Waals surface area contributed by atoms with E-state index in [1.807, 2.05) is 0 Å². The molecule has 2 N–H and O–H groups in total. The van der Waals surface area contributed by atoms with E-state index in [0.717, 1.165) is 25.7 Å². The molecule has 1 aliphatic carbocycles. The zero-order chi connectivity index (χ0) is 12.8. The molecule has 5 heteroatoms. The van der Waals surface area contributed by atoms with Crippen LogP contribution in [0.2, 0.25) is 0 Å². The minimum atomic E-state index is -1.53. The van der Waals surface area contributed by atoms with Gasteiger partial charge in [-0.15, -0.1) is 0 Å². The molecule has 18 heavy (non-hydrogen) atoms. The largest absolute Gasteiger partial charge is 0.479 e. The summed E-state index contributed by atoms with van der Waals surface area (Å²) in [7, 11) is 0. The number of hydrogen-bond acceptors (Lipinski definition) is 4. The fourth-order valence-electron chi connectivity index (χ4n) is 2.54. The van der Waals surface area contributed by atoms with E-state index >= 15 is 0 Å². The number of benzene rings is 1. The highest BCUT2D eigenvalue weighted by Gasteiger charge is 2.44. The van der Waals surface area contributed by atoms with Crippen LogP contribution in [0.3, 0.4) is 0 Å². The molecule has 2 aliphatic rings. The van der Waals surface area contributed by atoms with Crippen LogP contribution in [0.25, 0.3) is 0 Å². The second kappa shape index (κ2) is 3.88. The molecule has 0 amide bonds. The maximum absolute atomic E-state index is 10.7. The molecule has 0 saturated heterocycles. The van der Waals surface area contributed by atoms with Crippen LogP contribution in [0.5, 0.6) is 11.5 Å². The van der Waals surface area contributed by atoms with Crippen molar-refractivity contribution >= 4 is 5.97 Å². The van der Waals surface area contributed by atoms with E-state index < -0.39 is 17.9 Å². The van der Waals surface area contributed by atoms with E-state index in [0.29, 0.717) is 17.1 Å². The van der Waals surface area contributed by atoms with Gasteiger partial charge in [-0.05, 0) is 30.5 Å². The molecule has 1 aliphatic heterocycles. The molecule has 1 fully saturated rings. The van der Waals surface area contributed by atoms with Crippen LogP contribution < -0.4 is 9.47 Å². The molecular weight excluding hydrogens is 236 g/mol. The second-order valence-electron chi connectivity index (χ2n) is 4.77. The number of carboxylic acids is 1. The zero-order valence-electron chi connectivity index (χ0n) is 9.76. The van der Waals surface area contributed by atoms with Gasteiger partial charge in [0, 0.05) is 12.8 Å². The third-order valence-corrected chi connectivity index (χ3v) is 3.47. The van der Waals surface area contributed by atoms with E-state index in [9.17, 15) is 9.90 Å². The summed E-state index contributed by atoms with van der Waals surface area (Å²) in [6, 6.07) is 4.75. The summed E-state index contributed by atoms with van der Waals surface area (Å²) in [4.78, 5) is 10.7. The minimum Gasteiger partial charge on any atom is -0.479 e. The number of rotatable bonds is 2.